The Bertz CT molecular complexity index is 154. The SMILES string of the molecule is NNc1ncccn1.O. The zero-order valence-electron chi connectivity index (χ0n) is 4.70. The third-order valence-corrected chi connectivity index (χ3v) is 0.695. The molecule has 0 radical (unpaired) electrons. The molecule has 1 heterocycles. The number of rotatable bonds is 1. The van der Waals surface area contributed by atoms with Crippen molar-refractivity contribution in [2.24, 2.45) is 5.84 Å². The molecule has 0 bridgehead atoms. The van der Waals surface area contributed by atoms with Crippen LogP contribution < -0.4 is 11.3 Å². The van der Waals surface area contributed by atoms with E-state index >= 15 is 0 Å². The highest BCUT2D eigenvalue weighted by Gasteiger charge is 1.81. The Labute approximate surface area is 52.2 Å². The number of hydrogen-bond donors (Lipinski definition) is 2. The van der Waals surface area contributed by atoms with E-state index < -0.39 is 0 Å². The van der Waals surface area contributed by atoms with Crippen molar-refractivity contribution in [3.8, 4) is 0 Å². The highest BCUT2D eigenvalue weighted by molar-refractivity contribution is 5.18. The third-order valence-electron chi connectivity index (χ3n) is 0.695. The number of anilines is 1. The monoisotopic (exact) mass is 128 g/mol. The normalized spacial score (nSPS) is 7.67. The van der Waals surface area contributed by atoms with Crippen LogP contribution in [0.5, 0.6) is 0 Å². The zero-order chi connectivity index (χ0) is 5.82. The van der Waals surface area contributed by atoms with Crippen molar-refractivity contribution in [3.05, 3.63) is 18.5 Å². The second kappa shape index (κ2) is 3.76. The van der Waals surface area contributed by atoms with Crippen molar-refractivity contribution in [2.45, 2.75) is 0 Å². The minimum atomic E-state index is 0. The summed E-state index contributed by atoms with van der Waals surface area (Å²) in [5, 5.41) is 0. The summed E-state index contributed by atoms with van der Waals surface area (Å²) in [4.78, 5) is 7.50. The van der Waals surface area contributed by atoms with Crippen molar-refractivity contribution in [2.75, 3.05) is 5.43 Å². The molecule has 5 nitrogen and oxygen atoms in total. The predicted octanol–water partition coefficient (Wildman–Crippen LogP) is -1.06. The van der Waals surface area contributed by atoms with Gasteiger partial charge in [-0.1, -0.05) is 0 Å². The van der Waals surface area contributed by atoms with Gasteiger partial charge in [-0.3, -0.25) is 5.43 Å². The Kier molecular flexibility index (Phi) is 3.26. The maximum atomic E-state index is 4.97. The van der Waals surface area contributed by atoms with E-state index in [1.807, 2.05) is 0 Å². The van der Waals surface area contributed by atoms with Crippen LogP contribution in [-0.2, 0) is 0 Å². The van der Waals surface area contributed by atoms with E-state index in [4.69, 9.17) is 5.84 Å². The molecule has 1 aromatic heterocycles. The smallest absolute Gasteiger partial charge is 0.237 e. The zero-order valence-corrected chi connectivity index (χ0v) is 4.70. The summed E-state index contributed by atoms with van der Waals surface area (Å²) in [7, 11) is 0. The average Bonchev–Trinajstić information content (AvgIpc) is 1.90. The van der Waals surface area contributed by atoms with E-state index in [2.05, 4.69) is 15.4 Å². The first kappa shape index (κ1) is 7.80. The molecule has 0 amide bonds. The number of nitrogens with two attached hydrogens (primary N) is 1. The Morgan fingerprint density at radius 1 is 1.33 bits per heavy atom. The fraction of sp³-hybridized carbons (Fsp3) is 0. The molecule has 0 atom stereocenters. The maximum Gasteiger partial charge on any atom is 0.237 e. The van der Waals surface area contributed by atoms with Crippen molar-refractivity contribution >= 4 is 5.95 Å². The van der Waals surface area contributed by atoms with Crippen LogP contribution in [0.25, 0.3) is 0 Å². The van der Waals surface area contributed by atoms with Gasteiger partial charge in [-0.15, -0.1) is 0 Å². The summed E-state index contributed by atoms with van der Waals surface area (Å²) in [5.41, 5.74) is 2.30. The van der Waals surface area contributed by atoms with Crippen LogP contribution in [-0.4, -0.2) is 15.4 Å². The molecule has 0 saturated heterocycles. The van der Waals surface area contributed by atoms with Gasteiger partial charge in [-0.2, -0.15) is 0 Å². The van der Waals surface area contributed by atoms with Gasteiger partial charge in [0.1, 0.15) is 0 Å². The largest absolute Gasteiger partial charge is 0.412 e. The van der Waals surface area contributed by atoms with E-state index in [1.165, 1.54) is 0 Å². The van der Waals surface area contributed by atoms with Crippen LogP contribution >= 0.6 is 0 Å². The summed E-state index contributed by atoms with van der Waals surface area (Å²) in [6.07, 6.45) is 3.23. The molecule has 9 heavy (non-hydrogen) atoms. The maximum absolute atomic E-state index is 4.97. The molecular formula is C4H8N4O. The van der Waals surface area contributed by atoms with E-state index in [0.29, 0.717) is 5.95 Å². The van der Waals surface area contributed by atoms with Crippen molar-refractivity contribution in [3.63, 3.8) is 0 Å². The number of aromatic nitrogens is 2. The predicted molar refractivity (Wildman–Crippen MR) is 33.5 cm³/mol. The van der Waals surface area contributed by atoms with Gasteiger partial charge in [0.15, 0.2) is 0 Å². The number of nitrogen functional groups attached to an aromatic ring is 1. The standard InChI is InChI=1S/C4H6N4.H2O/c5-8-4-6-2-1-3-7-4;/h1-3H,5H2,(H,6,7,8);1H2. The molecule has 0 spiro atoms. The molecule has 0 unspecified atom stereocenters. The van der Waals surface area contributed by atoms with Gasteiger partial charge in [0, 0.05) is 12.4 Å². The highest BCUT2D eigenvalue weighted by Crippen LogP contribution is 1.87. The first-order valence-corrected chi connectivity index (χ1v) is 2.17. The summed E-state index contributed by atoms with van der Waals surface area (Å²) in [6.45, 7) is 0. The first-order valence-electron chi connectivity index (χ1n) is 2.17. The minimum Gasteiger partial charge on any atom is -0.412 e. The number of nitrogens with zero attached hydrogens (tertiary/aromatic N) is 2. The van der Waals surface area contributed by atoms with Gasteiger partial charge in [0.05, 0.1) is 0 Å². The summed E-state index contributed by atoms with van der Waals surface area (Å²) >= 11 is 0. The first-order chi connectivity index (χ1) is 3.93. The molecule has 0 aromatic carbocycles. The van der Waals surface area contributed by atoms with Crippen molar-refractivity contribution in [1.29, 1.82) is 0 Å². The minimum absolute atomic E-state index is 0. The van der Waals surface area contributed by atoms with Gasteiger partial charge in [0.25, 0.3) is 0 Å². The number of nitrogens with one attached hydrogen (secondary N) is 1. The number of hydrazine groups is 1. The Hall–Kier alpha value is -1.20. The van der Waals surface area contributed by atoms with Crippen molar-refractivity contribution < 1.29 is 5.48 Å². The Morgan fingerprint density at radius 3 is 2.22 bits per heavy atom. The second-order valence-electron chi connectivity index (χ2n) is 1.22. The topological polar surface area (TPSA) is 95.3 Å². The lowest BCUT2D eigenvalue weighted by Gasteiger charge is -1.91. The molecule has 1 aromatic rings. The fourth-order valence-electron chi connectivity index (χ4n) is 0.374. The van der Waals surface area contributed by atoms with E-state index in [9.17, 15) is 0 Å². The molecule has 1 rings (SSSR count). The average molecular weight is 128 g/mol. The fourth-order valence-corrected chi connectivity index (χ4v) is 0.374. The second-order valence-corrected chi connectivity index (χ2v) is 1.22. The Morgan fingerprint density at radius 2 is 1.89 bits per heavy atom. The molecule has 0 aliphatic carbocycles. The summed E-state index contributed by atoms with van der Waals surface area (Å²) < 4.78 is 0. The van der Waals surface area contributed by atoms with E-state index in [-0.39, 0.29) is 5.48 Å². The third kappa shape index (κ3) is 2.02. The van der Waals surface area contributed by atoms with Crippen LogP contribution in [0.2, 0.25) is 0 Å². The highest BCUT2D eigenvalue weighted by atomic mass is 16.0. The van der Waals surface area contributed by atoms with Crippen LogP contribution in [0, 0.1) is 0 Å². The Balaban J connectivity index is 0.000000640. The van der Waals surface area contributed by atoms with Crippen LogP contribution in [0.1, 0.15) is 0 Å². The number of hydrogen-bond acceptors (Lipinski definition) is 4. The van der Waals surface area contributed by atoms with E-state index in [1.54, 1.807) is 18.5 Å². The van der Waals surface area contributed by atoms with Crippen molar-refractivity contribution in [1.82, 2.24) is 9.97 Å². The van der Waals surface area contributed by atoms with Gasteiger partial charge < -0.3 is 5.48 Å². The molecule has 0 fully saturated rings. The van der Waals surface area contributed by atoms with Crippen LogP contribution in [0.3, 0.4) is 0 Å². The van der Waals surface area contributed by atoms with E-state index in [0.717, 1.165) is 0 Å². The molecular weight excluding hydrogens is 120 g/mol. The summed E-state index contributed by atoms with van der Waals surface area (Å²) in [6, 6.07) is 1.72. The molecule has 50 valence electrons. The lowest BCUT2D eigenvalue weighted by atomic mass is 10.7. The van der Waals surface area contributed by atoms with Gasteiger partial charge >= 0.3 is 0 Å². The summed E-state index contributed by atoms with van der Waals surface area (Å²) in [5.74, 6) is 5.41. The molecule has 5 N–H and O–H groups in total. The van der Waals surface area contributed by atoms with Gasteiger partial charge in [-0.25, -0.2) is 15.8 Å². The molecule has 0 aliphatic heterocycles. The van der Waals surface area contributed by atoms with Gasteiger partial charge in [0.2, 0.25) is 5.95 Å². The molecule has 0 aliphatic rings. The van der Waals surface area contributed by atoms with Crippen LogP contribution in [0.4, 0.5) is 5.95 Å². The quantitative estimate of drug-likeness (QED) is 0.372. The lowest BCUT2D eigenvalue weighted by molar-refractivity contribution is 0.824. The molecule has 5 heteroatoms. The lowest BCUT2D eigenvalue weighted by Crippen LogP contribution is -2.09. The van der Waals surface area contributed by atoms with Crippen LogP contribution in [0.15, 0.2) is 18.5 Å². The molecule has 0 saturated carbocycles. The van der Waals surface area contributed by atoms with Gasteiger partial charge in [-0.05, 0) is 6.07 Å².